The molecule has 1 N–H and O–H groups in total. The summed E-state index contributed by atoms with van der Waals surface area (Å²) in [6.45, 7) is 0.437. The van der Waals surface area contributed by atoms with Crippen LogP contribution in [0.5, 0.6) is 17.2 Å². The van der Waals surface area contributed by atoms with Crippen molar-refractivity contribution in [2.45, 2.75) is 18.4 Å². The lowest BCUT2D eigenvalue weighted by molar-refractivity contribution is -0.124. The van der Waals surface area contributed by atoms with Gasteiger partial charge in [0.25, 0.3) is 5.91 Å². The van der Waals surface area contributed by atoms with Crippen molar-refractivity contribution >= 4 is 23.4 Å². The van der Waals surface area contributed by atoms with Crippen molar-refractivity contribution in [1.29, 1.82) is 0 Å². The van der Waals surface area contributed by atoms with Crippen LogP contribution in [-0.4, -0.2) is 51.6 Å². The molecule has 8 heteroatoms. The highest BCUT2D eigenvalue weighted by Crippen LogP contribution is 2.45. The lowest BCUT2D eigenvalue weighted by Crippen LogP contribution is -2.46. The zero-order chi connectivity index (χ0) is 25.8. The average molecular weight is 509 g/mol. The van der Waals surface area contributed by atoms with Gasteiger partial charge in [0.2, 0.25) is 5.91 Å². The van der Waals surface area contributed by atoms with Crippen LogP contribution in [0.15, 0.2) is 60.7 Å². The SMILES string of the molecule is COc1ccc([C@@H]2[C@@H](C(=O)NCCc3ccc(Cl)cc3)c3cc(OC)c(OC)cc3C(=O)N2C)cc1. The number of methoxy groups -OCH3 is 3. The number of fused-ring (bicyclic) bond motifs is 1. The molecule has 1 aliphatic heterocycles. The predicted molar refractivity (Wildman–Crippen MR) is 138 cm³/mol. The maximum absolute atomic E-state index is 13.8. The van der Waals surface area contributed by atoms with E-state index in [9.17, 15) is 9.59 Å². The summed E-state index contributed by atoms with van der Waals surface area (Å²) in [5.74, 6) is 0.541. The first kappa shape index (κ1) is 25.4. The van der Waals surface area contributed by atoms with Gasteiger partial charge in [-0.25, -0.2) is 0 Å². The van der Waals surface area contributed by atoms with Gasteiger partial charge in [-0.15, -0.1) is 0 Å². The molecule has 0 unspecified atom stereocenters. The van der Waals surface area contributed by atoms with Crippen molar-refractivity contribution < 1.29 is 23.8 Å². The molecule has 0 radical (unpaired) electrons. The van der Waals surface area contributed by atoms with Crippen molar-refractivity contribution in [2.24, 2.45) is 0 Å². The minimum absolute atomic E-state index is 0.183. The number of halogens is 1. The molecular weight excluding hydrogens is 480 g/mol. The fourth-order valence-electron chi connectivity index (χ4n) is 4.64. The van der Waals surface area contributed by atoms with E-state index in [-0.39, 0.29) is 11.8 Å². The third kappa shape index (κ3) is 4.97. The van der Waals surface area contributed by atoms with Gasteiger partial charge in [0.1, 0.15) is 5.75 Å². The molecule has 0 saturated carbocycles. The van der Waals surface area contributed by atoms with Crippen molar-refractivity contribution in [1.82, 2.24) is 10.2 Å². The normalized spacial score (nSPS) is 16.8. The number of carbonyl (C=O) groups excluding carboxylic acids is 2. The Balaban J connectivity index is 1.72. The third-order valence-corrected chi connectivity index (χ3v) is 6.79. The topological polar surface area (TPSA) is 77.1 Å². The molecule has 3 aromatic carbocycles. The number of rotatable bonds is 8. The molecular formula is C28H29ClN2O5. The predicted octanol–water partition coefficient (Wildman–Crippen LogP) is 4.64. The molecule has 2 amide bonds. The van der Waals surface area contributed by atoms with E-state index in [1.165, 1.54) is 14.2 Å². The molecule has 1 heterocycles. The van der Waals surface area contributed by atoms with Gasteiger partial charge in [0.05, 0.1) is 33.3 Å². The quantitative estimate of drug-likeness (QED) is 0.480. The molecule has 1 aliphatic rings. The summed E-state index contributed by atoms with van der Waals surface area (Å²) < 4.78 is 16.2. The minimum Gasteiger partial charge on any atom is -0.497 e. The molecule has 0 fully saturated rings. The molecule has 3 aromatic rings. The van der Waals surface area contributed by atoms with Crippen molar-refractivity contribution in [3.05, 3.63) is 87.9 Å². The second-order valence-electron chi connectivity index (χ2n) is 8.57. The van der Waals surface area contributed by atoms with Crippen LogP contribution in [0.3, 0.4) is 0 Å². The van der Waals surface area contributed by atoms with Crippen LogP contribution in [0.2, 0.25) is 5.02 Å². The van der Waals surface area contributed by atoms with Crippen LogP contribution >= 0.6 is 11.6 Å². The summed E-state index contributed by atoms with van der Waals surface area (Å²) in [6.07, 6.45) is 0.649. The van der Waals surface area contributed by atoms with Gasteiger partial charge < -0.3 is 24.4 Å². The summed E-state index contributed by atoms with van der Waals surface area (Å²) in [4.78, 5) is 28.8. The minimum atomic E-state index is -0.666. The van der Waals surface area contributed by atoms with E-state index < -0.39 is 12.0 Å². The molecule has 188 valence electrons. The summed E-state index contributed by atoms with van der Waals surface area (Å²) >= 11 is 5.98. The van der Waals surface area contributed by atoms with Crippen LogP contribution in [-0.2, 0) is 11.2 Å². The van der Waals surface area contributed by atoms with E-state index in [0.717, 1.165) is 11.1 Å². The van der Waals surface area contributed by atoms with Gasteiger partial charge in [0.15, 0.2) is 11.5 Å². The first-order valence-corrected chi connectivity index (χ1v) is 11.9. The summed E-state index contributed by atoms with van der Waals surface area (Å²) in [5, 5.41) is 3.74. The van der Waals surface area contributed by atoms with E-state index in [1.807, 2.05) is 48.5 Å². The smallest absolute Gasteiger partial charge is 0.254 e. The van der Waals surface area contributed by atoms with Crippen molar-refractivity contribution in [3.8, 4) is 17.2 Å². The van der Waals surface area contributed by atoms with E-state index in [1.54, 1.807) is 31.2 Å². The van der Waals surface area contributed by atoms with Crippen LogP contribution in [0.25, 0.3) is 0 Å². The molecule has 2 atom stereocenters. The molecule has 36 heavy (non-hydrogen) atoms. The number of hydrogen-bond acceptors (Lipinski definition) is 5. The van der Waals surface area contributed by atoms with E-state index in [4.69, 9.17) is 25.8 Å². The Morgan fingerprint density at radius 2 is 1.58 bits per heavy atom. The number of nitrogens with zero attached hydrogens (tertiary/aromatic N) is 1. The number of amides is 2. The largest absolute Gasteiger partial charge is 0.497 e. The van der Waals surface area contributed by atoms with Gasteiger partial charge in [-0.2, -0.15) is 0 Å². The fraction of sp³-hybridized carbons (Fsp3) is 0.286. The number of ether oxygens (including phenoxy) is 3. The number of likely N-dealkylation sites (N-methyl/N-ethyl adjacent to an activating group) is 1. The number of benzene rings is 3. The molecule has 4 rings (SSSR count). The monoisotopic (exact) mass is 508 g/mol. The Labute approximate surface area is 215 Å². The number of nitrogens with one attached hydrogen (secondary N) is 1. The second-order valence-corrected chi connectivity index (χ2v) is 9.01. The van der Waals surface area contributed by atoms with Gasteiger partial charge in [-0.1, -0.05) is 35.9 Å². The van der Waals surface area contributed by atoms with Gasteiger partial charge in [-0.05, 0) is 59.5 Å². The van der Waals surface area contributed by atoms with Crippen molar-refractivity contribution in [2.75, 3.05) is 34.9 Å². The van der Waals surface area contributed by atoms with Gasteiger partial charge in [0, 0.05) is 24.2 Å². The molecule has 7 nitrogen and oxygen atoms in total. The zero-order valence-corrected chi connectivity index (χ0v) is 21.5. The van der Waals surface area contributed by atoms with Crippen LogP contribution in [0, 0.1) is 0 Å². The first-order chi connectivity index (χ1) is 17.4. The molecule has 0 bridgehead atoms. The first-order valence-electron chi connectivity index (χ1n) is 11.6. The third-order valence-electron chi connectivity index (χ3n) is 6.54. The standard InChI is InChI=1S/C28H29ClN2O5/c1-31-26(18-7-11-20(34-2)12-8-18)25(27(32)30-14-13-17-5-9-19(29)10-6-17)21-15-23(35-3)24(36-4)16-22(21)28(31)33/h5-12,15-16,25-26H,13-14H2,1-4H3,(H,30,32)/t25-,26+/m0/s1. The molecule has 0 aliphatic carbocycles. The molecule has 0 aromatic heterocycles. The number of carbonyl (C=O) groups is 2. The van der Waals surface area contributed by atoms with Crippen LogP contribution in [0.1, 0.15) is 39.0 Å². The van der Waals surface area contributed by atoms with Gasteiger partial charge >= 0.3 is 0 Å². The maximum atomic E-state index is 13.8. The van der Waals surface area contributed by atoms with Crippen molar-refractivity contribution in [3.63, 3.8) is 0 Å². The highest BCUT2D eigenvalue weighted by atomic mass is 35.5. The van der Waals surface area contributed by atoms with Gasteiger partial charge in [-0.3, -0.25) is 9.59 Å². The Morgan fingerprint density at radius 1 is 0.944 bits per heavy atom. The Hall–Kier alpha value is -3.71. The molecule has 0 spiro atoms. The van der Waals surface area contributed by atoms with Crippen LogP contribution in [0.4, 0.5) is 0 Å². The summed E-state index contributed by atoms with van der Waals surface area (Å²) in [7, 11) is 6.36. The second kappa shape index (κ2) is 10.9. The van der Waals surface area contributed by atoms with E-state index in [0.29, 0.717) is 46.4 Å². The average Bonchev–Trinajstić information content (AvgIpc) is 2.90. The Morgan fingerprint density at radius 3 is 2.19 bits per heavy atom. The Bertz CT molecular complexity index is 1240. The zero-order valence-electron chi connectivity index (χ0n) is 20.7. The highest BCUT2D eigenvalue weighted by molar-refractivity contribution is 6.30. The lowest BCUT2D eigenvalue weighted by Gasteiger charge is -2.40. The summed E-state index contributed by atoms with van der Waals surface area (Å²) in [5.41, 5.74) is 2.90. The summed E-state index contributed by atoms with van der Waals surface area (Å²) in [6, 6.07) is 17.8. The lowest BCUT2D eigenvalue weighted by atomic mass is 9.79. The van der Waals surface area contributed by atoms with E-state index >= 15 is 0 Å². The Kier molecular flexibility index (Phi) is 7.70. The maximum Gasteiger partial charge on any atom is 0.254 e. The fourth-order valence-corrected chi connectivity index (χ4v) is 4.77. The van der Waals surface area contributed by atoms with Crippen LogP contribution < -0.4 is 19.5 Å². The highest BCUT2D eigenvalue weighted by Gasteiger charge is 2.43. The van der Waals surface area contributed by atoms with E-state index in [2.05, 4.69) is 5.32 Å². The molecule has 0 saturated heterocycles. The number of hydrogen-bond donors (Lipinski definition) is 1.